The highest BCUT2D eigenvalue weighted by atomic mass is 14.3. The lowest BCUT2D eigenvalue weighted by Crippen LogP contribution is -2.24. The molecule has 0 aliphatic heterocycles. The van der Waals surface area contributed by atoms with E-state index in [1.165, 1.54) is 18.4 Å². The predicted molar refractivity (Wildman–Crippen MR) is 61.3 cm³/mol. The minimum Gasteiger partial charge on any atom is -0.0874 e. The monoisotopic (exact) mass is 186 g/mol. The van der Waals surface area contributed by atoms with Crippen LogP contribution in [0.3, 0.4) is 0 Å². The van der Waals surface area contributed by atoms with Crippen molar-refractivity contribution in [1.82, 2.24) is 0 Å². The van der Waals surface area contributed by atoms with Crippen molar-refractivity contribution in [2.24, 2.45) is 5.92 Å². The van der Waals surface area contributed by atoms with E-state index in [9.17, 15) is 0 Å². The Labute approximate surface area is 86.7 Å². The quantitative estimate of drug-likeness (QED) is 0.583. The van der Waals surface area contributed by atoms with E-state index in [0.717, 1.165) is 5.92 Å². The van der Waals surface area contributed by atoms with Gasteiger partial charge in [0.25, 0.3) is 0 Å². The molecule has 0 radical (unpaired) electrons. The standard InChI is InChI=1S/C14H18/c1-12-7-6-10-14(2,11-12)13-8-4-3-5-9-13/h3-6,8-10,12H,7,11H2,1-2H3. The molecule has 1 aromatic rings. The number of benzene rings is 1. The molecule has 0 fully saturated rings. The first-order valence-corrected chi connectivity index (χ1v) is 5.44. The van der Waals surface area contributed by atoms with Crippen molar-refractivity contribution in [3.63, 3.8) is 0 Å². The van der Waals surface area contributed by atoms with Gasteiger partial charge in [-0.05, 0) is 24.3 Å². The third-order valence-electron chi connectivity index (χ3n) is 3.23. The van der Waals surface area contributed by atoms with E-state index in [-0.39, 0.29) is 5.41 Å². The Hall–Kier alpha value is -1.04. The predicted octanol–water partition coefficient (Wildman–Crippen LogP) is 3.93. The van der Waals surface area contributed by atoms with Gasteiger partial charge in [-0.2, -0.15) is 0 Å². The smallest absolute Gasteiger partial charge is 0.0106 e. The molecule has 2 rings (SSSR count). The molecule has 2 unspecified atom stereocenters. The summed E-state index contributed by atoms with van der Waals surface area (Å²) in [6.07, 6.45) is 7.22. The molecule has 0 N–H and O–H groups in total. The summed E-state index contributed by atoms with van der Waals surface area (Å²) in [5.74, 6) is 0.810. The van der Waals surface area contributed by atoms with Crippen LogP contribution >= 0.6 is 0 Å². The average molecular weight is 186 g/mol. The molecule has 0 spiro atoms. The Balaban J connectivity index is 2.33. The molecule has 14 heavy (non-hydrogen) atoms. The molecule has 1 aromatic carbocycles. The second-order valence-electron chi connectivity index (χ2n) is 4.73. The zero-order valence-corrected chi connectivity index (χ0v) is 9.03. The van der Waals surface area contributed by atoms with E-state index in [1.54, 1.807) is 0 Å². The number of hydrogen-bond donors (Lipinski definition) is 0. The lowest BCUT2D eigenvalue weighted by molar-refractivity contribution is 0.396. The van der Waals surface area contributed by atoms with Gasteiger partial charge < -0.3 is 0 Å². The van der Waals surface area contributed by atoms with Gasteiger partial charge in [0.05, 0.1) is 0 Å². The summed E-state index contributed by atoms with van der Waals surface area (Å²) in [5.41, 5.74) is 1.71. The molecule has 0 heterocycles. The van der Waals surface area contributed by atoms with Crippen LogP contribution in [-0.4, -0.2) is 0 Å². The summed E-state index contributed by atoms with van der Waals surface area (Å²) in [6.45, 7) is 4.68. The van der Waals surface area contributed by atoms with Crippen LogP contribution in [0.15, 0.2) is 42.5 Å². The summed E-state index contributed by atoms with van der Waals surface area (Å²) < 4.78 is 0. The van der Waals surface area contributed by atoms with Gasteiger partial charge in [-0.3, -0.25) is 0 Å². The highest BCUT2D eigenvalue weighted by Crippen LogP contribution is 2.36. The van der Waals surface area contributed by atoms with Crippen molar-refractivity contribution in [1.29, 1.82) is 0 Å². The zero-order valence-electron chi connectivity index (χ0n) is 9.03. The van der Waals surface area contributed by atoms with Gasteiger partial charge in [-0.15, -0.1) is 0 Å². The van der Waals surface area contributed by atoms with Crippen molar-refractivity contribution in [3.8, 4) is 0 Å². The summed E-state index contributed by atoms with van der Waals surface area (Å²) in [4.78, 5) is 0. The Morgan fingerprint density at radius 1 is 1.21 bits per heavy atom. The SMILES string of the molecule is CC1CC=CC(C)(c2ccccc2)C1. The molecular weight excluding hydrogens is 168 g/mol. The first-order chi connectivity index (χ1) is 6.71. The van der Waals surface area contributed by atoms with Crippen molar-refractivity contribution >= 4 is 0 Å². The lowest BCUT2D eigenvalue weighted by Gasteiger charge is -2.33. The van der Waals surface area contributed by atoms with Gasteiger partial charge >= 0.3 is 0 Å². The summed E-state index contributed by atoms with van der Waals surface area (Å²) >= 11 is 0. The molecule has 1 aliphatic rings. The van der Waals surface area contributed by atoms with Gasteiger partial charge in [0.15, 0.2) is 0 Å². The Morgan fingerprint density at radius 3 is 2.57 bits per heavy atom. The molecule has 2 atom stereocenters. The fraction of sp³-hybridized carbons (Fsp3) is 0.429. The van der Waals surface area contributed by atoms with Gasteiger partial charge in [0, 0.05) is 5.41 Å². The summed E-state index contributed by atoms with van der Waals surface area (Å²) in [7, 11) is 0. The number of rotatable bonds is 1. The third-order valence-corrected chi connectivity index (χ3v) is 3.23. The van der Waals surface area contributed by atoms with Gasteiger partial charge in [0.1, 0.15) is 0 Å². The Bertz CT molecular complexity index is 323. The highest BCUT2D eigenvalue weighted by molar-refractivity contribution is 5.31. The summed E-state index contributed by atoms with van der Waals surface area (Å²) in [5, 5.41) is 0. The topological polar surface area (TPSA) is 0 Å². The van der Waals surface area contributed by atoms with Crippen LogP contribution in [0.2, 0.25) is 0 Å². The van der Waals surface area contributed by atoms with Gasteiger partial charge in [-0.25, -0.2) is 0 Å². The van der Waals surface area contributed by atoms with Gasteiger partial charge in [0.2, 0.25) is 0 Å². The van der Waals surface area contributed by atoms with Crippen LogP contribution in [0.4, 0.5) is 0 Å². The maximum absolute atomic E-state index is 2.38. The highest BCUT2D eigenvalue weighted by Gasteiger charge is 2.27. The Morgan fingerprint density at radius 2 is 1.93 bits per heavy atom. The van der Waals surface area contributed by atoms with Crippen LogP contribution in [0.25, 0.3) is 0 Å². The normalized spacial score (nSPS) is 31.7. The maximum Gasteiger partial charge on any atom is 0.0106 e. The molecule has 1 aliphatic carbocycles. The van der Waals surface area contributed by atoms with Crippen LogP contribution in [0.1, 0.15) is 32.3 Å². The maximum atomic E-state index is 2.38. The van der Waals surface area contributed by atoms with E-state index in [2.05, 4.69) is 56.3 Å². The minimum atomic E-state index is 0.263. The van der Waals surface area contributed by atoms with Crippen LogP contribution < -0.4 is 0 Å². The van der Waals surface area contributed by atoms with E-state index in [1.807, 2.05) is 0 Å². The zero-order chi connectivity index (χ0) is 10.0. The van der Waals surface area contributed by atoms with Crippen molar-refractivity contribution in [2.45, 2.75) is 32.1 Å². The molecule has 0 saturated carbocycles. The second-order valence-corrected chi connectivity index (χ2v) is 4.73. The molecule has 0 amide bonds. The number of allylic oxidation sites excluding steroid dienone is 2. The molecule has 0 aromatic heterocycles. The van der Waals surface area contributed by atoms with Crippen molar-refractivity contribution in [3.05, 3.63) is 48.0 Å². The third kappa shape index (κ3) is 1.75. The molecule has 0 heteroatoms. The van der Waals surface area contributed by atoms with Crippen molar-refractivity contribution < 1.29 is 0 Å². The first kappa shape index (κ1) is 9.51. The van der Waals surface area contributed by atoms with Crippen LogP contribution in [0.5, 0.6) is 0 Å². The average Bonchev–Trinajstić information content (AvgIpc) is 2.19. The van der Waals surface area contributed by atoms with Crippen LogP contribution in [-0.2, 0) is 5.41 Å². The fourth-order valence-electron chi connectivity index (χ4n) is 2.47. The number of hydrogen-bond acceptors (Lipinski definition) is 0. The van der Waals surface area contributed by atoms with Gasteiger partial charge in [-0.1, -0.05) is 56.3 Å². The second kappa shape index (κ2) is 3.61. The molecule has 0 nitrogen and oxygen atoms in total. The summed E-state index contributed by atoms with van der Waals surface area (Å²) in [6, 6.07) is 10.8. The van der Waals surface area contributed by atoms with E-state index >= 15 is 0 Å². The van der Waals surface area contributed by atoms with Crippen molar-refractivity contribution in [2.75, 3.05) is 0 Å². The minimum absolute atomic E-state index is 0.263. The molecular formula is C14H18. The van der Waals surface area contributed by atoms with E-state index in [0.29, 0.717) is 0 Å². The van der Waals surface area contributed by atoms with E-state index in [4.69, 9.17) is 0 Å². The fourth-order valence-corrected chi connectivity index (χ4v) is 2.47. The molecule has 0 bridgehead atoms. The van der Waals surface area contributed by atoms with Crippen LogP contribution in [0, 0.1) is 5.92 Å². The largest absolute Gasteiger partial charge is 0.0874 e. The first-order valence-electron chi connectivity index (χ1n) is 5.44. The molecule has 0 saturated heterocycles. The van der Waals surface area contributed by atoms with E-state index < -0.39 is 0 Å². The Kier molecular flexibility index (Phi) is 2.45. The molecule has 74 valence electrons. The lowest BCUT2D eigenvalue weighted by atomic mass is 9.72.